The van der Waals surface area contributed by atoms with E-state index in [0.29, 0.717) is 6.61 Å². The van der Waals surface area contributed by atoms with Gasteiger partial charge in [-0.05, 0) is 43.5 Å². The van der Waals surface area contributed by atoms with E-state index >= 15 is 0 Å². The number of benzene rings is 1. The average Bonchev–Trinajstić information content (AvgIpc) is 2.92. The lowest BCUT2D eigenvalue weighted by Gasteiger charge is -2.12. The molecule has 0 bridgehead atoms. The van der Waals surface area contributed by atoms with Crippen molar-refractivity contribution in [2.24, 2.45) is 4.99 Å². The van der Waals surface area contributed by atoms with Crippen molar-refractivity contribution in [3.63, 3.8) is 0 Å². The molecule has 1 aliphatic rings. The number of rotatable bonds is 4. The molecule has 1 heterocycles. The second kappa shape index (κ2) is 6.93. The summed E-state index contributed by atoms with van der Waals surface area (Å²) in [5.41, 5.74) is 2.83. The van der Waals surface area contributed by atoms with E-state index in [2.05, 4.69) is 15.6 Å². The van der Waals surface area contributed by atoms with Crippen molar-refractivity contribution in [2.45, 2.75) is 33.1 Å². The normalized spacial score (nSPS) is 13.8. The zero-order valence-corrected chi connectivity index (χ0v) is 12.0. The first-order chi connectivity index (χ1) is 9.69. The van der Waals surface area contributed by atoms with Crippen LogP contribution in [0, 0.1) is 6.92 Å². The van der Waals surface area contributed by atoms with E-state index in [4.69, 9.17) is 4.74 Å². The number of ether oxygens (including phenoxy) is 1. The molecule has 1 aromatic rings. The van der Waals surface area contributed by atoms with E-state index in [1.165, 1.54) is 0 Å². The van der Waals surface area contributed by atoms with Crippen LogP contribution in [0.1, 0.15) is 31.7 Å². The van der Waals surface area contributed by atoms with E-state index in [-0.39, 0.29) is 0 Å². The third-order valence-electron chi connectivity index (χ3n) is 3.06. The van der Waals surface area contributed by atoms with Crippen molar-refractivity contribution in [3.05, 3.63) is 23.8 Å². The van der Waals surface area contributed by atoms with Crippen LogP contribution in [-0.2, 0) is 4.74 Å². The van der Waals surface area contributed by atoms with Crippen molar-refractivity contribution in [2.75, 3.05) is 23.8 Å². The van der Waals surface area contributed by atoms with Crippen molar-refractivity contribution in [3.8, 4) is 0 Å². The van der Waals surface area contributed by atoms with Gasteiger partial charge in [0.25, 0.3) is 0 Å². The Hall–Kier alpha value is -2.04. The van der Waals surface area contributed by atoms with Gasteiger partial charge in [-0.2, -0.15) is 0 Å². The number of carbonyl (C=O) groups is 1. The van der Waals surface area contributed by atoms with Crippen LogP contribution >= 0.6 is 0 Å². The Bertz CT molecular complexity index is 512. The number of aryl methyl sites for hydroxylation is 1. The monoisotopic (exact) mass is 275 g/mol. The highest BCUT2D eigenvalue weighted by Gasteiger charge is 2.09. The molecule has 5 heteroatoms. The Kier molecular flexibility index (Phi) is 4.98. The summed E-state index contributed by atoms with van der Waals surface area (Å²) < 4.78 is 4.99. The molecule has 20 heavy (non-hydrogen) atoms. The number of amidine groups is 1. The molecular formula is C15H21N3O2. The van der Waals surface area contributed by atoms with Gasteiger partial charge in [-0.25, -0.2) is 4.79 Å². The highest BCUT2D eigenvalue weighted by molar-refractivity contribution is 5.97. The minimum atomic E-state index is -0.410. The number of amides is 1. The fourth-order valence-electron chi connectivity index (χ4n) is 2.03. The van der Waals surface area contributed by atoms with Gasteiger partial charge in [0, 0.05) is 24.3 Å². The van der Waals surface area contributed by atoms with Gasteiger partial charge in [-0.1, -0.05) is 6.92 Å². The lowest BCUT2D eigenvalue weighted by molar-refractivity contribution is 0.161. The van der Waals surface area contributed by atoms with Crippen molar-refractivity contribution in [1.29, 1.82) is 0 Å². The molecule has 2 N–H and O–H groups in total. The van der Waals surface area contributed by atoms with Gasteiger partial charge in [0.15, 0.2) is 0 Å². The van der Waals surface area contributed by atoms with Crippen LogP contribution in [0.25, 0.3) is 0 Å². The van der Waals surface area contributed by atoms with Crippen LogP contribution in [0.3, 0.4) is 0 Å². The molecule has 108 valence electrons. The third-order valence-corrected chi connectivity index (χ3v) is 3.06. The predicted octanol–water partition coefficient (Wildman–Crippen LogP) is 3.56. The van der Waals surface area contributed by atoms with E-state index < -0.39 is 6.09 Å². The number of carbonyl (C=O) groups excluding carboxylic acids is 1. The molecule has 0 radical (unpaired) electrons. The van der Waals surface area contributed by atoms with Crippen LogP contribution in [0.2, 0.25) is 0 Å². The standard InChI is InChI=1S/C15H21N3O2/c1-3-9-20-15(19)17-12-6-7-13(11(2)10-12)18-14-5-4-8-16-14/h6-7,10H,3-5,8-9H2,1-2H3,(H,16,18)(H,17,19). The molecule has 5 nitrogen and oxygen atoms in total. The van der Waals surface area contributed by atoms with Crippen LogP contribution < -0.4 is 10.6 Å². The zero-order chi connectivity index (χ0) is 14.4. The van der Waals surface area contributed by atoms with E-state index in [0.717, 1.165) is 48.6 Å². The first-order valence-corrected chi connectivity index (χ1v) is 7.04. The second-order valence-corrected chi connectivity index (χ2v) is 4.85. The molecule has 0 saturated carbocycles. The van der Waals surface area contributed by atoms with Gasteiger partial charge < -0.3 is 10.1 Å². The summed E-state index contributed by atoms with van der Waals surface area (Å²) in [6, 6.07) is 5.73. The maximum atomic E-state index is 11.5. The second-order valence-electron chi connectivity index (χ2n) is 4.85. The Balaban J connectivity index is 1.96. The molecule has 0 aliphatic carbocycles. The summed E-state index contributed by atoms with van der Waals surface area (Å²) in [7, 11) is 0. The number of hydrogen-bond acceptors (Lipinski definition) is 4. The molecular weight excluding hydrogens is 254 g/mol. The molecule has 0 fully saturated rings. The largest absolute Gasteiger partial charge is 0.449 e. The molecule has 0 aromatic heterocycles. The number of nitrogens with zero attached hydrogens (tertiary/aromatic N) is 1. The maximum absolute atomic E-state index is 11.5. The summed E-state index contributed by atoms with van der Waals surface area (Å²) in [5, 5.41) is 6.05. The number of aliphatic imine (C=N–C) groups is 1. The highest BCUT2D eigenvalue weighted by atomic mass is 16.5. The lowest BCUT2D eigenvalue weighted by atomic mass is 10.1. The van der Waals surface area contributed by atoms with Crippen molar-refractivity contribution in [1.82, 2.24) is 0 Å². The van der Waals surface area contributed by atoms with Crippen molar-refractivity contribution >= 4 is 23.3 Å². The van der Waals surface area contributed by atoms with Gasteiger partial charge in [-0.3, -0.25) is 10.3 Å². The molecule has 1 amide bonds. The number of nitrogens with one attached hydrogen (secondary N) is 2. The fraction of sp³-hybridized carbons (Fsp3) is 0.467. The highest BCUT2D eigenvalue weighted by Crippen LogP contribution is 2.21. The van der Waals surface area contributed by atoms with Gasteiger partial charge in [0.1, 0.15) is 5.84 Å². The van der Waals surface area contributed by atoms with E-state index in [1.807, 2.05) is 32.0 Å². The molecule has 1 aromatic carbocycles. The van der Waals surface area contributed by atoms with Crippen LogP contribution in [0.5, 0.6) is 0 Å². The molecule has 1 aliphatic heterocycles. The molecule has 0 unspecified atom stereocenters. The zero-order valence-electron chi connectivity index (χ0n) is 12.0. The molecule has 0 spiro atoms. The minimum absolute atomic E-state index is 0.410. The Morgan fingerprint density at radius 3 is 2.95 bits per heavy atom. The summed E-state index contributed by atoms with van der Waals surface area (Å²) >= 11 is 0. The summed E-state index contributed by atoms with van der Waals surface area (Å²) in [6.45, 7) is 5.30. The number of hydrogen-bond donors (Lipinski definition) is 2. The summed E-state index contributed by atoms with van der Waals surface area (Å²) in [6.07, 6.45) is 2.52. The van der Waals surface area contributed by atoms with Gasteiger partial charge >= 0.3 is 6.09 Å². The summed E-state index contributed by atoms with van der Waals surface area (Å²) in [4.78, 5) is 15.9. The van der Waals surface area contributed by atoms with E-state index in [1.54, 1.807) is 0 Å². The minimum Gasteiger partial charge on any atom is -0.449 e. The smallest absolute Gasteiger partial charge is 0.411 e. The SMILES string of the molecule is CCCOC(=O)Nc1ccc(NC2=NCCC2)c(C)c1. The molecule has 2 rings (SSSR count). The Morgan fingerprint density at radius 1 is 1.45 bits per heavy atom. The Morgan fingerprint density at radius 2 is 2.30 bits per heavy atom. The average molecular weight is 275 g/mol. The lowest BCUT2D eigenvalue weighted by Crippen LogP contribution is -2.14. The van der Waals surface area contributed by atoms with Gasteiger partial charge in [0.05, 0.1) is 6.61 Å². The predicted molar refractivity (Wildman–Crippen MR) is 81.6 cm³/mol. The van der Waals surface area contributed by atoms with Crippen LogP contribution in [-0.4, -0.2) is 25.1 Å². The van der Waals surface area contributed by atoms with Crippen LogP contribution in [0.4, 0.5) is 16.2 Å². The molecule has 0 atom stereocenters. The van der Waals surface area contributed by atoms with Gasteiger partial charge in [0.2, 0.25) is 0 Å². The maximum Gasteiger partial charge on any atom is 0.411 e. The molecule has 0 saturated heterocycles. The quantitative estimate of drug-likeness (QED) is 0.883. The Labute approximate surface area is 119 Å². The third kappa shape index (κ3) is 3.98. The number of anilines is 2. The van der Waals surface area contributed by atoms with Crippen molar-refractivity contribution < 1.29 is 9.53 Å². The van der Waals surface area contributed by atoms with Crippen LogP contribution in [0.15, 0.2) is 23.2 Å². The fourth-order valence-corrected chi connectivity index (χ4v) is 2.03. The van der Waals surface area contributed by atoms with Gasteiger partial charge in [-0.15, -0.1) is 0 Å². The first kappa shape index (κ1) is 14.4. The summed E-state index contributed by atoms with van der Waals surface area (Å²) in [5.74, 6) is 1.04. The first-order valence-electron chi connectivity index (χ1n) is 7.04. The van der Waals surface area contributed by atoms with E-state index in [9.17, 15) is 4.79 Å². The topological polar surface area (TPSA) is 62.7 Å².